The summed E-state index contributed by atoms with van der Waals surface area (Å²) in [5.74, 6) is 0.816. The van der Waals surface area contributed by atoms with Crippen LogP contribution in [0, 0.1) is 11.8 Å². The van der Waals surface area contributed by atoms with E-state index in [0.717, 1.165) is 25.9 Å². The quantitative estimate of drug-likeness (QED) is 0.732. The van der Waals surface area contributed by atoms with Gasteiger partial charge in [0.25, 0.3) is 0 Å². The highest BCUT2D eigenvalue weighted by Gasteiger charge is 2.21. The van der Waals surface area contributed by atoms with E-state index in [-0.39, 0.29) is 12.5 Å². The average molecular weight is 199 g/mol. The zero-order valence-corrected chi connectivity index (χ0v) is 9.20. The van der Waals surface area contributed by atoms with Crippen LogP contribution in [-0.4, -0.2) is 42.0 Å². The van der Waals surface area contributed by atoms with Crippen LogP contribution in [0.25, 0.3) is 0 Å². The predicted molar refractivity (Wildman–Crippen MR) is 56.1 cm³/mol. The second-order valence-corrected chi connectivity index (χ2v) is 4.55. The Bertz CT molecular complexity index is 192. The first-order chi connectivity index (χ1) is 6.63. The van der Waals surface area contributed by atoms with E-state index in [9.17, 15) is 4.79 Å². The van der Waals surface area contributed by atoms with E-state index in [1.807, 2.05) is 13.8 Å². The molecular weight excluding hydrogens is 178 g/mol. The van der Waals surface area contributed by atoms with Crippen LogP contribution >= 0.6 is 0 Å². The van der Waals surface area contributed by atoms with Crippen LogP contribution in [0.3, 0.4) is 0 Å². The summed E-state index contributed by atoms with van der Waals surface area (Å²) >= 11 is 0. The molecule has 0 saturated carbocycles. The third-order valence-electron chi connectivity index (χ3n) is 2.88. The molecule has 3 heteroatoms. The third-order valence-corrected chi connectivity index (χ3v) is 2.88. The fraction of sp³-hybridized carbons (Fsp3) is 0.909. The molecule has 0 bridgehead atoms. The molecule has 82 valence electrons. The van der Waals surface area contributed by atoms with Crippen molar-refractivity contribution in [2.24, 2.45) is 11.8 Å². The van der Waals surface area contributed by atoms with Gasteiger partial charge in [-0.05, 0) is 25.3 Å². The predicted octanol–water partition coefficient (Wildman–Crippen LogP) is 0.916. The van der Waals surface area contributed by atoms with Crippen molar-refractivity contribution in [1.29, 1.82) is 0 Å². The van der Waals surface area contributed by atoms with E-state index in [1.165, 1.54) is 0 Å². The van der Waals surface area contributed by atoms with Gasteiger partial charge in [-0.15, -0.1) is 0 Å². The molecule has 1 saturated heterocycles. The minimum atomic E-state index is 0.129. The van der Waals surface area contributed by atoms with E-state index in [4.69, 9.17) is 5.11 Å². The number of ketones is 1. The minimum absolute atomic E-state index is 0.129. The molecule has 1 unspecified atom stereocenters. The first kappa shape index (κ1) is 11.7. The van der Waals surface area contributed by atoms with Crippen molar-refractivity contribution in [3.63, 3.8) is 0 Å². The van der Waals surface area contributed by atoms with Gasteiger partial charge in [-0.25, -0.2) is 0 Å². The Morgan fingerprint density at radius 3 is 2.86 bits per heavy atom. The molecule has 1 rings (SSSR count). The summed E-state index contributed by atoms with van der Waals surface area (Å²) in [6.07, 6.45) is 2.21. The van der Waals surface area contributed by atoms with Crippen molar-refractivity contribution in [3.05, 3.63) is 0 Å². The monoisotopic (exact) mass is 199 g/mol. The van der Waals surface area contributed by atoms with E-state index < -0.39 is 0 Å². The normalized spacial score (nSPS) is 24.1. The molecular formula is C11H21NO2. The maximum absolute atomic E-state index is 11.5. The van der Waals surface area contributed by atoms with Gasteiger partial charge in [-0.1, -0.05) is 13.8 Å². The maximum atomic E-state index is 11.5. The SMILES string of the molecule is CC(C)C(=O)CN1CCCC(CO)C1. The van der Waals surface area contributed by atoms with Gasteiger partial charge in [0.2, 0.25) is 0 Å². The molecule has 0 amide bonds. The number of piperidine rings is 1. The zero-order chi connectivity index (χ0) is 10.6. The molecule has 0 aromatic carbocycles. The number of nitrogens with zero attached hydrogens (tertiary/aromatic N) is 1. The lowest BCUT2D eigenvalue weighted by molar-refractivity contribution is -0.123. The summed E-state index contributed by atoms with van der Waals surface area (Å²) in [6.45, 7) is 6.59. The van der Waals surface area contributed by atoms with Gasteiger partial charge in [0.05, 0.1) is 6.54 Å². The van der Waals surface area contributed by atoms with Gasteiger partial charge in [0, 0.05) is 19.1 Å². The molecule has 1 fully saturated rings. The fourth-order valence-electron chi connectivity index (χ4n) is 1.85. The molecule has 1 atom stereocenters. The van der Waals surface area contributed by atoms with Crippen LogP contribution in [0.4, 0.5) is 0 Å². The summed E-state index contributed by atoms with van der Waals surface area (Å²) in [5.41, 5.74) is 0. The van der Waals surface area contributed by atoms with Crippen LogP contribution in [-0.2, 0) is 4.79 Å². The van der Waals surface area contributed by atoms with E-state index in [2.05, 4.69) is 4.90 Å². The topological polar surface area (TPSA) is 40.5 Å². The van der Waals surface area contributed by atoms with Crippen molar-refractivity contribution in [2.75, 3.05) is 26.2 Å². The molecule has 0 radical (unpaired) electrons. The average Bonchev–Trinajstić information content (AvgIpc) is 2.18. The summed E-state index contributed by atoms with van der Waals surface area (Å²) in [4.78, 5) is 13.7. The molecule has 1 N–H and O–H groups in total. The van der Waals surface area contributed by atoms with Crippen LogP contribution in [0.2, 0.25) is 0 Å². The van der Waals surface area contributed by atoms with Crippen molar-refractivity contribution >= 4 is 5.78 Å². The molecule has 0 aromatic rings. The Labute approximate surface area is 86.1 Å². The molecule has 0 aromatic heterocycles. The summed E-state index contributed by atoms with van der Waals surface area (Å²) in [7, 11) is 0. The minimum Gasteiger partial charge on any atom is -0.396 e. The molecule has 1 aliphatic heterocycles. The summed E-state index contributed by atoms with van der Waals surface area (Å²) in [5, 5.41) is 9.04. The van der Waals surface area contributed by atoms with Crippen LogP contribution in [0.5, 0.6) is 0 Å². The highest BCUT2D eigenvalue weighted by molar-refractivity contribution is 5.82. The molecule has 3 nitrogen and oxygen atoms in total. The Hall–Kier alpha value is -0.410. The van der Waals surface area contributed by atoms with Gasteiger partial charge < -0.3 is 5.11 Å². The lowest BCUT2D eigenvalue weighted by Gasteiger charge is -2.31. The van der Waals surface area contributed by atoms with Gasteiger partial charge in [-0.2, -0.15) is 0 Å². The number of likely N-dealkylation sites (tertiary alicyclic amines) is 1. The largest absolute Gasteiger partial charge is 0.396 e. The van der Waals surface area contributed by atoms with E-state index in [1.54, 1.807) is 0 Å². The smallest absolute Gasteiger partial charge is 0.149 e. The summed E-state index contributed by atoms with van der Waals surface area (Å²) < 4.78 is 0. The molecule has 14 heavy (non-hydrogen) atoms. The first-order valence-electron chi connectivity index (χ1n) is 5.49. The molecule has 0 spiro atoms. The Morgan fingerprint density at radius 1 is 1.57 bits per heavy atom. The number of carbonyl (C=O) groups is 1. The lowest BCUT2D eigenvalue weighted by atomic mass is 9.98. The second-order valence-electron chi connectivity index (χ2n) is 4.55. The standard InChI is InChI=1S/C11H21NO2/c1-9(2)11(14)7-12-5-3-4-10(6-12)8-13/h9-10,13H,3-8H2,1-2H3. The Kier molecular flexibility index (Phi) is 4.55. The third kappa shape index (κ3) is 3.39. The highest BCUT2D eigenvalue weighted by atomic mass is 16.3. The number of aliphatic hydroxyl groups excluding tert-OH is 1. The fourth-order valence-corrected chi connectivity index (χ4v) is 1.85. The van der Waals surface area contributed by atoms with Gasteiger partial charge in [0.1, 0.15) is 5.78 Å². The van der Waals surface area contributed by atoms with Crippen LogP contribution < -0.4 is 0 Å². The Balaban J connectivity index is 2.34. The molecule has 1 heterocycles. The van der Waals surface area contributed by atoms with E-state index in [0.29, 0.717) is 18.2 Å². The number of hydrogen-bond donors (Lipinski definition) is 1. The number of aliphatic hydroxyl groups is 1. The van der Waals surface area contributed by atoms with Crippen LogP contribution in [0.1, 0.15) is 26.7 Å². The number of Topliss-reactive ketones (excluding diaryl/α,β-unsaturated/α-hetero) is 1. The molecule has 1 aliphatic rings. The molecule has 0 aliphatic carbocycles. The van der Waals surface area contributed by atoms with Crippen molar-refractivity contribution in [3.8, 4) is 0 Å². The van der Waals surface area contributed by atoms with Crippen molar-refractivity contribution < 1.29 is 9.90 Å². The summed E-state index contributed by atoms with van der Waals surface area (Å²) in [6, 6.07) is 0. The lowest BCUT2D eigenvalue weighted by Crippen LogP contribution is -2.40. The second kappa shape index (κ2) is 5.47. The first-order valence-corrected chi connectivity index (χ1v) is 5.49. The zero-order valence-electron chi connectivity index (χ0n) is 9.20. The number of hydrogen-bond acceptors (Lipinski definition) is 3. The number of carbonyl (C=O) groups excluding carboxylic acids is 1. The van der Waals surface area contributed by atoms with Crippen molar-refractivity contribution in [2.45, 2.75) is 26.7 Å². The van der Waals surface area contributed by atoms with Gasteiger partial charge >= 0.3 is 0 Å². The highest BCUT2D eigenvalue weighted by Crippen LogP contribution is 2.15. The van der Waals surface area contributed by atoms with Gasteiger partial charge in [0.15, 0.2) is 0 Å². The van der Waals surface area contributed by atoms with Crippen LogP contribution in [0.15, 0.2) is 0 Å². The number of rotatable bonds is 4. The Morgan fingerprint density at radius 2 is 2.29 bits per heavy atom. The van der Waals surface area contributed by atoms with Crippen molar-refractivity contribution in [1.82, 2.24) is 4.90 Å². The van der Waals surface area contributed by atoms with Gasteiger partial charge in [-0.3, -0.25) is 9.69 Å². The van der Waals surface area contributed by atoms with E-state index >= 15 is 0 Å². The maximum Gasteiger partial charge on any atom is 0.149 e.